The number of rotatable bonds is 7. The summed E-state index contributed by atoms with van der Waals surface area (Å²) in [5.41, 5.74) is 10.9. The van der Waals surface area contributed by atoms with Crippen LogP contribution in [0.15, 0.2) is 30.3 Å². The Balaban J connectivity index is 2.73. The molecular formula is C13H20N2O2. The summed E-state index contributed by atoms with van der Waals surface area (Å²) in [7, 11) is 0. The van der Waals surface area contributed by atoms with E-state index in [2.05, 4.69) is 6.92 Å². The van der Waals surface area contributed by atoms with Crippen LogP contribution in [0.3, 0.4) is 0 Å². The third kappa shape index (κ3) is 3.54. The molecule has 1 unspecified atom stereocenters. The summed E-state index contributed by atoms with van der Waals surface area (Å²) >= 11 is 0. The van der Waals surface area contributed by atoms with Crippen molar-refractivity contribution in [3.63, 3.8) is 0 Å². The number of benzene rings is 1. The summed E-state index contributed by atoms with van der Waals surface area (Å²) < 4.78 is 5.43. The lowest BCUT2D eigenvalue weighted by Gasteiger charge is -2.26. The standard InChI is InChI=1S/C13H20N2O2/c1-2-3-9-17-10-13(15,12(14)16)11-7-5-4-6-8-11/h4-8H,2-3,9-10,15H2,1H3,(H2,14,16). The van der Waals surface area contributed by atoms with Crippen LogP contribution in [0.4, 0.5) is 0 Å². The smallest absolute Gasteiger partial charge is 0.244 e. The molecule has 0 aliphatic carbocycles. The molecule has 1 aromatic rings. The van der Waals surface area contributed by atoms with Crippen LogP contribution in [-0.4, -0.2) is 19.1 Å². The van der Waals surface area contributed by atoms with Gasteiger partial charge >= 0.3 is 0 Å². The molecule has 0 aliphatic rings. The van der Waals surface area contributed by atoms with E-state index >= 15 is 0 Å². The zero-order valence-corrected chi connectivity index (χ0v) is 10.2. The van der Waals surface area contributed by atoms with Gasteiger partial charge in [0.1, 0.15) is 5.54 Å². The van der Waals surface area contributed by atoms with Gasteiger partial charge in [0.2, 0.25) is 5.91 Å². The molecule has 0 saturated carbocycles. The number of primary amides is 1. The fourth-order valence-corrected chi connectivity index (χ4v) is 1.51. The van der Waals surface area contributed by atoms with E-state index in [0.717, 1.165) is 12.8 Å². The molecule has 0 saturated heterocycles. The second kappa shape index (κ2) is 6.37. The van der Waals surface area contributed by atoms with Crippen molar-refractivity contribution in [3.8, 4) is 0 Å². The van der Waals surface area contributed by atoms with Crippen LogP contribution in [0, 0.1) is 0 Å². The minimum atomic E-state index is -1.24. The average Bonchev–Trinajstić information content (AvgIpc) is 2.35. The lowest BCUT2D eigenvalue weighted by atomic mass is 9.91. The lowest BCUT2D eigenvalue weighted by molar-refractivity contribution is -0.125. The van der Waals surface area contributed by atoms with E-state index in [9.17, 15) is 4.79 Å². The Bertz CT molecular complexity index is 354. The minimum Gasteiger partial charge on any atom is -0.379 e. The van der Waals surface area contributed by atoms with Crippen molar-refractivity contribution in [2.45, 2.75) is 25.3 Å². The molecule has 1 rings (SSSR count). The van der Waals surface area contributed by atoms with Crippen LogP contribution in [-0.2, 0) is 15.1 Å². The van der Waals surface area contributed by atoms with Crippen LogP contribution in [0.2, 0.25) is 0 Å². The fraction of sp³-hybridized carbons (Fsp3) is 0.462. The number of hydrogen-bond donors (Lipinski definition) is 2. The maximum absolute atomic E-state index is 11.5. The van der Waals surface area contributed by atoms with Gasteiger partial charge in [-0.25, -0.2) is 0 Å². The molecule has 4 N–H and O–H groups in total. The molecule has 1 aromatic carbocycles. The molecular weight excluding hydrogens is 216 g/mol. The number of ether oxygens (including phenoxy) is 1. The van der Waals surface area contributed by atoms with Gasteiger partial charge < -0.3 is 16.2 Å². The minimum absolute atomic E-state index is 0.117. The van der Waals surface area contributed by atoms with Gasteiger partial charge in [0.05, 0.1) is 6.61 Å². The van der Waals surface area contributed by atoms with E-state index in [4.69, 9.17) is 16.2 Å². The highest BCUT2D eigenvalue weighted by atomic mass is 16.5. The number of carbonyl (C=O) groups is 1. The number of nitrogens with two attached hydrogens (primary N) is 2. The Morgan fingerprint density at radius 1 is 1.35 bits per heavy atom. The van der Waals surface area contributed by atoms with Crippen LogP contribution < -0.4 is 11.5 Å². The van der Waals surface area contributed by atoms with Crippen LogP contribution in [0.1, 0.15) is 25.3 Å². The molecule has 0 bridgehead atoms. The van der Waals surface area contributed by atoms with E-state index in [1.165, 1.54) is 0 Å². The zero-order valence-electron chi connectivity index (χ0n) is 10.2. The van der Waals surface area contributed by atoms with Gasteiger partial charge in [-0.05, 0) is 12.0 Å². The van der Waals surface area contributed by atoms with Crippen LogP contribution in [0.5, 0.6) is 0 Å². The van der Waals surface area contributed by atoms with Gasteiger partial charge in [-0.2, -0.15) is 0 Å². The average molecular weight is 236 g/mol. The summed E-state index contributed by atoms with van der Waals surface area (Å²) in [6.45, 7) is 2.78. The molecule has 17 heavy (non-hydrogen) atoms. The Labute approximate surface area is 102 Å². The Hall–Kier alpha value is -1.39. The first kappa shape index (κ1) is 13.7. The molecule has 4 heteroatoms. The van der Waals surface area contributed by atoms with Gasteiger partial charge in [-0.1, -0.05) is 43.7 Å². The Kier molecular flexibility index (Phi) is 5.12. The highest BCUT2D eigenvalue weighted by Crippen LogP contribution is 2.18. The molecule has 0 spiro atoms. The van der Waals surface area contributed by atoms with E-state index in [0.29, 0.717) is 12.2 Å². The summed E-state index contributed by atoms with van der Waals surface area (Å²) in [6, 6.07) is 9.09. The molecule has 0 fully saturated rings. The summed E-state index contributed by atoms with van der Waals surface area (Å²) in [5, 5.41) is 0. The van der Waals surface area contributed by atoms with Crippen molar-refractivity contribution in [2.75, 3.05) is 13.2 Å². The van der Waals surface area contributed by atoms with Crippen LogP contribution >= 0.6 is 0 Å². The van der Waals surface area contributed by atoms with Gasteiger partial charge in [-0.3, -0.25) is 4.79 Å². The van der Waals surface area contributed by atoms with Crippen molar-refractivity contribution < 1.29 is 9.53 Å². The predicted octanol–water partition coefficient (Wildman–Crippen LogP) is 1.14. The molecule has 94 valence electrons. The first-order chi connectivity index (χ1) is 8.11. The fourth-order valence-electron chi connectivity index (χ4n) is 1.51. The van der Waals surface area contributed by atoms with Crippen molar-refractivity contribution in [1.29, 1.82) is 0 Å². The topological polar surface area (TPSA) is 78.3 Å². The summed E-state index contributed by atoms with van der Waals surface area (Å²) in [5.74, 6) is -0.569. The Morgan fingerprint density at radius 2 is 2.00 bits per heavy atom. The van der Waals surface area contributed by atoms with Gasteiger partial charge in [0, 0.05) is 6.61 Å². The third-order valence-electron chi connectivity index (χ3n) is 2.70. The van der Waals surface area contributed by atoms with E-state index in [1.54, 1.807) is 12.1 Å². The number of hydrogen-bond acceptors (Lipinski definition) is 3. The molecule has 0 heterocycles. The molecule has 0 aromatic heterocycles. The summed E-state index contributed by atoms with van der Waals surface area (Å²) in [4.78, 5) is 11.5. The first-order valence-corrected chi connectivity index (χ1v) is 5.83. The van der Waals surface area contributed by atoms with E-state index < -0.39 is 11.4 Å². The zero-order chi connectivity index (χ0) is 12.7. The number of carbonyl (C=O) groups excluding carboxylic acids is 1. The molecule has 1 amide bonds. The molecule has 1 atom stereocenters. The normalized spacial score (nSPS) is 14.2. The van der Waals surface area contributed by atoms with Crippen molar-refractivity contribution >= 4 is 5.91 Å². The van der Waals surface area contributed by atoms with Gasteiger partial charge in [0.25, 0.3) is 0 Å². The SMILES string of the molecule is CCCCOCC(N)(C(N)=O)c1ccccc1. The monoisotopic (exact) mass is 236 g/mol. The van der Waals surface area contributed by atoms with Crippen molar-refractivity contribution in [3.05, 3.63) is 35.9 Å². The summed E-state index contributed by atoms with van der Waals surface area (Å²) in [6.07, 6.45) is 1.99. The maximum Gasteiger partial charge on any atom is 0.244 e. The van der Waals surface area contributed by atoms with Gasteiger partial charge in [0.15, 0.2) is 0 Å². The second-order valence-electron chi connectivity index (χ2n) is 4.11. The second-order valence-corrected chi connectivity index (χ2v) is 4.11. The van der Waals surface area contributed by atoms with Gasteiger partial charge in [-0.15, -0.1) is 0 Å². The Morgan fingerprint density at radius 3 is 2.53 bits per heavy atom. The largest absolute Gasteiger partial charge is 0.379 e. The van der Waals surface area contributed by atoms with Crippen molar-refractivity contribution in [1.82, 2.24) is 0 Å². The third-order valence-corrected chi connectivity index (χ3v) is 2.70. The highest BCUT2D eigenvalue weighted by molar-refractivity contribution is 5.86. The highest BCUT2D eigenvalue weighted by Gasteiger charge is 2.34. The predicted molar refractivity (Wildman–Crippen MR) is 67.2 cm³/mol. The molecule has 4 nitrogen and oxygen atoms in total. The number of amides is 1. The molecule has 0 radical (unpaired) electrons. The van der Waals surface area contributed by atoms with Crippen LogP contribution in [0.25, 0.3) is 0 Å². The lowest BCUT2D eigenvalue weighted by Crippen LogP contribution is -2.52. The van der Waals surface area contributed by atoms with E-state index in [1.807, 2.05) is 18.2 Å². The first-order valence-electron chi connectivity index (χ1n) is 5.83. The van der Waals surface area contributed by atoms with E-state index in [-0.39, 0.29) is 6.61 Å². The van der Waals surface area contributed by atoms with Crippen molar-refractivity contribution in [2.24, 2.45) is 11.5 Å². The maximum atomic E-state index is 11.5. The number of unbranched alkanes of at least 4 members (excludes halogenated alkanes) is 1. The quantitative estimate of drug-likeness (QED) is 0.697. The molecule has 0 aliphatic heterocycles.